The van der Waals surface area contributed by atoms with Crippen LogP contribution in [-0.4, -0.2) is 47.0 Å². The van der Waals surface area contributed by atoms with Crippen LogP contribution in [0.25, 0.3) is 10.8 Å². The molecule has 9 nitrogen and oxygen atoms in total. The number of esters is 1. The summed E-state index contributed by atoms with van der Waals surface area (Å²) in [6.07, 6.45) is 0. The van der Waals surface area contributed by atoms with Crippen LogP contribution >= 0.6 is 0 Å². The van der Waals surface area contributed by atoms with Crippen molar-refractivity contribution in [2.75, 3.05) is 30.7 Å². The summed E-state index contributed by atoms with van der Waals surface area (Å²) >= 11 is 0. The van der Waals surface area contributed by atoms with Gasteiger partial charge in [0, 0.05) is 28.1 Å². The van der Waals surface area contributed by atoms with E-state index in [1.165, 1.54) is 0 Å². The molecule has 0 fully saturated rings. The number of carbonyl (C=O) groups is 2. The van der Waals surface area contributed by atoms with Crippen molar-refractivity contribution in [3.8, 4) is 0 Å². The van der Waals surface area contributed by atoms with Gasteiger partial charge in [-0.25, -0.2) is 13.2 Å². The van der Waals surface area contributed by atoms with Crippen LogP contribution in [0.5, 0.6) is 0 Å². The Kier molecular flexibility index (Phi) is 8.81. The van der Waals surface area contributed by atoms with Gasteiger partial charge in [-0.3, -0.25) is 9.52 Å². The number of anilines is 2. The molecule has 3 aromatic rings. The van der Waals surface area contributed by atoms with E-state index >= 15 is 0 Å². The second-order valence-electron chi connectivity index (χ2n) is 10.6. The number of hydrogen-bond donors (Lipinski definition) is 4. The predicted molar refractivity (Wildman–Crippen MR) is 149 cm³/mol. The zero-order chi connectivity index (χ0) is 28.3. The Balaban J connectivity index is 1.71. The quantitative estimate of drug-likeness (QED) is 0.292. The topological polar surface area (TPSA) is 134 Å². The monoisotopic (exact) mass is 542 g/mol. The largest absolute Gasteiger partial charge is 0.460 e. The molecule has 3 rings (SSSR count). The minimum atomic E-state index is -3.87. The van der Waals surface area contributed by atoms with Gasteiger partial charge in [-0.15, -0.1) is 0 Å². The highest BCUT2D eigenvalue weighted by Gasteiger charge is 2.32. The van der Waals surface area contributed by atoms with E-state index in [0.29, 0.717) is 16.8 Å². The zero-order valence-corrected chi connectivity index (χ0v) is 23.6. The minimum Gasteiger partial charge on any atom is -0.460 e. The van der Waals surface area contributed by atoms with E-state index in [-0.39, 0.29) is 23.3 Å². The average Bonchev–Trinajstić information content (AvgIpc) is 2.86. The van der Waals surface area contributed by atoms with Gasteiger partial charge in [0.15, 0.2) is 6.04 Å². The van der Waals surface area contributed by atoms with Crippen molar-refractivity contribution in [3.63, 3.8) is 0 Å². The van der Waals surface area contributed by atoms with Gasteiger partial charge in [0.1, 0.15) is 12.3 Å². The average molecular weight is 543 g/mol. The molecule has 6 N–H and O–H groups in total. The molecule has 0 aliphatic carbocycles. The van der Waals surface area contributed by atoms with E-state index < -0.39 is 27.4 Å². The lowest BCUT2D eigenvalue weighted by Gasteiger charge is -2.24. The summed E-state index contributed by atoms with van der Waals surface area (Å²) in [7, 11) is 0.116. The van der Waals surface area contributed by atoms with E-state index in [1.807, 2.05) is 46.1 Å². The molecule has 0 radical (unpaired) electrons. The molecule has 0 unspecified atom stereocenters. The first-order valence-corrected chi connectivity index (χ1v) is 14.0. The smallest absolute Gasteiger partial charge is 0.365 e. The highest BCUT2D eigenvalue weighted by Crippen LogP contribution is 2.29. The van der Waals surface area contributed by atoms with Crippen LogP contribution in [0.4, 0.5) is 17.1 Å². The highest BCUT2D eigenvalue weighted by molar-refractivity contribution is 7.93. The lowest BCUT2D eigenvalue weighted by atomic mass is 9.93. The number of amides is 1. The van der Waals surface area contributed by atoms with Gasteiger partial charge >= 0.3 is 5.97 Å². The first-order valence-electron chi connectivity index (χ1n) is 12.5. The molecular formula is C28H38N4O5S+2. The molecule has 3 aromatic carbocycles. The summed E-state index contributed by atoms with van der Waals surface area (Å²) in [5.41, 5.74) is 4.67. The summed E-state index contributed by atoms with van der Waals surface area (Å²) in [5, 5.41) is 4.31. The van der Waals surface area contributed by atoms with Crippen molar-refractivity contribution in [2.45, 2.75) is 38.6 Å². The van der Waals surface area contributed by atoms with E-state index in [4.69, 9.17) is 4.74 Å². The summed E-state index contributed by atoms with van der Waals surface area (Å²) in [4.78, 5) is 26.2. The first-order chi connectivity index (χ1) is 17.7. The Labute approximate surface area is 224 Å². The van der Waals surface area contributed by atoms with E-state index in [1.54, 1.807) is 56.3 Å². The second kappa shape index (κ2) is 11.5. The molecule has 0 heterocycles. The van der Waals surface area contributed by atoms with Gasteiger partial charge < -0.3 is 20.7 Å². The molecule has 0 aliphatic heterocycles. The fraction of sp³-hybridized carbons (Fsp3) is 0.357. The molecule has 0 saturated heterocycles. The van der Waals surface area contributed by atoms with Crippen molar-refractivity contribution in [2.24, 2.45) is 11.3 Å². The summed E-state index contributed by atoms with van der Waals surface area (Å²) in [6.45, 7) is 7.03. The van der Waals surface area contributed by atoms with Gasteiger partial charge in [0.25, 0.3) is 10.0 Å². The molecule has 38 heavy (non-hydrogen) atoms. The zero-order valence-electron chi connectivity index (χ0n) is 22.8. The Morgan fingerprint density at radius 3 is 2.13 bits per heavy atom. The third-order valence-electron chi connectivity index (χ3n) is 6.40. The first kappa shape index (κ1) is 29.1. The number of benzene rings is 3. The Morgan fingerprint density at radius 2 is 1.53 bits per heavy atom. The molecule has 1 atom stereocenters. The van der Waals surface area contributed by atoms with Gasteiger partial charge in [-0.1, -0.05) is 32.0 Å². The number of hydrogen-bond acceptors (Lipinski definition) is 5. The van der Waals surface area contributed by atoms with Gasteiger partial charge in [0.2, 0.25) is 5.91 Å². The van der Waals surface area contributed by atoms with Crippen molar-refractivity contribution < 1.29 is 33.4 Å². The maximum absolute atomic E-state index is 13.3. The summed E-state index contributed by atoms with van der Waals surface area (Å²) in [6, 6.07) is 16.7. The van der Waals surface area contributed by atoms with Gasteiger partial charge in [0.05, 0.1) is 24.4 Å². The van der Waals surface area contributed by atoms with Crippen molar-refractivity contribution in [3.05, 3.63) is 60.7 Å². The molecule has 0 aliphatic rings. The fourth-order valence-electron chi connectivity index (χ4n) is 3.78. The standard InChI is InChI=1S/C28H36N4O5S/c1-18(2)25(29)26(33)37-17-28(3,4)27(34)30-19-13-15-20(16-14-19)31-38(35,36)24-12-8-9-21-22(24)10-7-11-23(21)32(5)6/h7-16,18,25,31H,17,29H2,1-6H3,(H,30,34)/p+2/t25-/m0/s1. The number of carbonyl (C=O) groups excluding carboxylic acids is 2. The number of sulfonamides is 1. The molecule has 0 spiro atoms. The van der Waals surface area contributed by atoms with Crippen LogP contribution in [0.1, 0.15) is 27.7 Å². The number of fused-ring (bicyclic) bond motifs is 1. The normalized spacial score (nSPS) is 13.0. The van der Waals surface area contributed by atoms with Crippen molar-refractivity contribution in [1.29, 1.82) is 0 Å². The van der Waals surface area contributed by atoms with Crippen LogP contribution in [0.2, 0.25) is 0 Å². The van der Waals surface area contributed by atoms with Crippen molar-refractivity contribution >= 4 is 49.7 Å². The third-order valence-corrected chi connectivity index (χ3v) is 7.84. The molecule has 204 valence electrons. The lowest BCUT2D eigenvalue weighted by molar-refractivity contribution is -0.785. The number of ether oxygens (including phenoxy) is 1. The summed E-state index contributed by atoms with van der Waals surface area (Å²) < 4.78 is 34.5. The number of rotatable bonds is 10. The Hall–Kier alpha value is -3.47. The SMILES string of the molecule is CC(C)[C@H]([NH3+])C(=O)OCC(C)(C)C(=O)Nc1ccc(NS(=O)(=O)c2cccc3c([NH+](C)C)cccc23)cc1. The number of nitrogens with one attached hydrogen (secondary N) is 3. The molecule has 10 heteroatoms. The molecule has 0 aromatic heterocycles. The van der Waals surface area contributed by atoms with Crippen molar-refractivity contribution in [1.82, 2.24) is 0 Å². The maximum Gasteiger partial charge on any atom is 0.365 e. The van der Waals surface area contributed by atoms with Crippen LogP contribution in [0.15, 0.2) is 65.6 Å². The maximum atomic E-state index is 13.3. The summed E-state index contributed by atoms with van der Waals surface area (Å²) in [5.74, 6) is -0.742. The molecule has 0 saturated carbocycles. The number of quaternary nitrogens is 2. The lowest BCUT2D eigenvalue weighted by Crippen LogP contribution is -3.00. The van der Waals surface area contributed by atoms with Crippen LogP contribution in [0, 0.1) is 11.3 Å². The third kappa shape index (κ3) is 6.69. The molecule has 0 bridgehead atoms. The van der Waals surface area contributed by atoms with Crippen LogP contribution in [-0.2, 0) is 24.3 Å². The van der Waals surface area contributed by atoms with E-state index in [9.17, 15) is 18.0 Å². The van der Waals surface area contributed by atoms with E-state index in [2.05, 4.69) is 15.8 Å². The van der Waals surface area contributed by atoms with Crippen LogP contribution < -0.4 is 20.7 Å². The molecule has 1 amide bonds. The Bertz CT molecular complexity index is 1420. The predicted octanol–water partition coefficient (Wildman–Crippen LogP) is 2.19. The minimum absolute atomic E-state index is 0.0347. The van der Waals surface area contributed by atoms with Crippen LogP contribution in [0.3, 0.4) is 0 Å². The second-order valence-corrected chi connectivity index (χ2v) is 12.3. The highest BCUT2D eigenvalue weighted by atomic mass is 32.2. The Morgan fingerprint density at radius 1 is 0.947 bits per heavy atom. The van der Waals surface area contributed by atoms with Gasteiger partial charge in [-0.2, -0.15) is 0 Å². The fourth-order valence-corrected chi connectivity index (χ4v) is 5.06. The van der Waals surface area contributed by atoms with E-state index in [0.717, 1.165) is 16.0 Å². The van der Waals surface area contributed by atoms with Gasteiger partial charge in [-0.05, 0) is 56.3 Å². The molecular weight excluding hydrogens is 504 g/mol.